The Morgan fingerprint density at radius 3 is 1.79 bits per heavy atom. The lowest BCUT2D eigenvalue weighted by Crippen LogP contribution is -2.59. The number of amides is 1. The Hall–Kier alpha value is -6.17. The smallest absolute Gasteiger partial charge is 0.224 e. The molecule has 6 atom stereocenters. The first-order chi connectivity index (χ1) is 32.4. The minimum Gasteiger partial charge on any atom is -0.394 e. The van der Waals surface area contributed by atoms with E-state index in [9.17, 15) is 9.90 Å². The molecular formula is C57H60N2O7. The third-order valence-corrected chi connectivity index (χ3v) is 11.9. The molecule has 1 saturated heterocycles. The number of hydrogen-bond acceptors (Lipinski definition) is 7. The molecule has 1 aromatic heterocycles. The summed E-state index contributed by atoms with van der Waals surface area (Å²) in [5.41, 5.74) is 9.71. The van der Waals surface area contributed by atoms with Crippen LogP contribution in [0, 0.1) is 6.92 Å². The van der Waals surface area contributed by atoms with Gasteiger partial charge in [-0.2, -0.15) is 0 Å². The van der Waals surface area contributed by atoms with E-state index in [1.807, 2.05) is 84.9 Å². The van der Waals surface area contributed by atoms with E-state index in [1.54, 1.807) is 6.92 Å². The second-order valence-electron chi connectivity index (χ2n) is 17.1. The molecule has 1 aliphatic heterocycles. The maximum atomic E-state index is 12.2. The topological polar surface area (TPSA) is 100 Å². The minimum absolute atomic E-state index is 0.0929. The standard InChI is InChI=1S/C57H60N2O7/c1-41-17-15-27-50-53(41)49(33-44-31-29-43(30-32-44)26-16-28-52(61)58-42(2)35-60)34-59(50)57-56(65-39-48-24-13-6-14-25-48)55(64-38-47-22-11-5-12-23-47)54(63-37-46-20-9-4-10-21-46)51(66-57)40-62-36-45-18-7-3-8-19-45/h3-27,29-32,34,42,51,54-57,60H,28,33,35-40H2,1-2H3,(H,58,61)/b26-16+/t42-,51+,54+,55-,56+,57+/m0/s1. The van der Waals surface area contributed by atoms with Gasteiger partial charge >= 0.3 is 0 Å². The first kappa shape index (κ1) is 46.4. The second-order valence-corrected chi connectivity index (χ2v) is 17.1. The largest absolute Gasteiger partial charge is 0.394 e. The second kappa shape index (κ2) is 23.3. The van der Waals surface area contributed by atoms with Crippen LogP contribution in [-0.4, -0.2) is 59.3 Å². The zero-order valence-electron chi connectivity index (χ0n) is 37.8. The highest BCUT2D eigenvalue weighted by atomic mass is 16.6. The van der Waals surface area contributed by atoms with Crippen LogP contribution in [0.2, 0.25) is 0 Å². The Balaban J connectivity index is 1.15. The number of rotatable bonds is 21. The van der Waals surface area contributed by atoms with Crippen LogP contribution in [0.4, 0.5) is 0 Å². The monoisotopic (exact) mass is 884 g/mol. The summed E-state index contributed by atoms with van der Waals surface area (Å²) >= 11 is 0. The number of aryl methyl sites for hydroxylation is 1. The van der Waals surface area contributed by atoms with E-state index < -0.39 is 30.6 Å². The lowest BCUT2D eigenvalue weighted by atomic mass is 9.96. The van der Waals surface area contributed by atoms with E-state index in [4.69, 9.17) is 23.7 Å². The number of hydrogen-bond donors (Lipinski definition) is 2. The van der Waals surface area contributed by atoms with Gasteiger partial charge in [-0.15, -0.1) is 0 Å². The van der Waals surface area contributed by atoms with Gasteiger partial charge in [0.05, 0.1) is 45.2 Å². The fourth-order valence-corrected chi connectivity index (χ4v) is 8.57. The van der Waals surface area contributed by atoms with E-state index in [-0.39, 0.29) is 31.6 Å². The fraction of sp³-hybridized carbons (Fsp3) is 0.281. The number of carbonyl (C=O) groups excluding carboxylic acids is 1. The van der Waals surface area contributed by atoms with Crippen LogP contribution in [0.3, 0.4) is 0 Å². The molecule has 2 heterocycles. The van der Waals surface area contributed by atoms with Crippen molar-refractivity contribution in [3.8, 4) is 0 Å². The summed E-state index contributed by atoms with van der Waals surface area (Å²) in [7, 11) is 0. The van der Waals surface area contributed by atoms with Gasteiger partial charge in [0.2, 0.25) is 5.91 Å². The number of benzene rings is 6. The molecule has 8 rings (SSSR count). The molecule has 0 bridgehead atoms. The maximum Gasteiger partial charge on any atom is 0.224 e. The van der Waals surface area contributed by atoms with Gasteiger partial charge < -0.3 is 38.7 Å². The molecule has 0 aliphatic carbocycles. The average Bonchev–Trinajstić information content (AvgIpc) is 3.72. The number of carbonyl (C=O) groups is 1. The third kappa shape index (κ3) is 12.4. The number of fused-ring (bicyclic) bond motifs is 1. The van der Waals surface area contributed by atoms with Crippen LogP contribution in [0.1, 0.15) is 64.1 Å². The Labute approximate surface area is 388 Å². The summed E-state index contributed by atoms with van der Waals surface area (Å²) in [5, 5.41) is 13.2. The molecule has 1 fully saturated rings. The number of aliphatic hydroxyl groups is 1. The van der Waals surface area contributed by atoms with Gasteiger partial charge in [0.25, 0.3) is 0 Å². The first-order valence-electron chi connectivity index (χ1n) is 22.9. The summed E-state index contributed by atoms with van der Waals surface area (Å²) in [6, 6.07) is 55.4. The van der Waals surface area contributed by atoms with Crippen molar-refractivity contribution in [1.82, 2.24) is 9.88 Å². The predicted molar refractivity (Wildman–Crippen MR) is 259 cm³/mol. The van der Waals surface area contributed by atoms with Crippen molar-refractivity contribution in [3.05, 3.63) is 221 Å². The number of ether oxygens (including phenoxy) is 5. The van der Waals surface area contributed by atoms with E-state index in [2.05, 4.69) is 114 Å². The normalized spacial score (nSPS) is 19.0. The molecule has 0 saturated carbocycles. The highest BCUT2D eigenvalue weighted by Crippen LogP contribution is 2.39. The van der Waals surface area contributed by atoms with E-state index in [0.29, 0.717) is 32.8 Å². The molecule has 0 radical (unpaired) electrons. The number of aliphatic hydroxyl groups excluding tert-OH is 1. The van der Waals surface area contributed by atoms with Crippen LogP contribution in [0.5, 0.6) is 0 Å². The van der Waals surface area contributed by atoms with Crippen molar-refractivity contribution in [2.45, 2.75) is 89.8 Å². The highest BCUT2D eigenvalue weighted by Gasteiger charge is 2.49. The zero-order chi connectivity index (χ0) is 45.5. The highest BCUT2D eigenvalue weighted by molar-refractivity contribution is 5.87. The SMILES string of the molecule is Cc1cccc2c1c(Cc1ccc(/C=C/CC(=O)N[C@@H](C)CO)cc1)cn2[C@@H]1O[C@H](COCc2ccccc2)[C@@H](OCc2ccccc2)[C@H](OCc2ccccc2)[C@H]1OCc1ccccc1. The van der Waals surface area contributed by atoms with Gasteiger partial charge in [0, 0.05) is 24.0 Å². The Bertz CT molecular complexity index is 2580. The summed E-state index contributed by atoms with van der Waals surface area (Å²) in [6.45, 7) is 5.57. The minimum atomic E-state index is -0.625. The van der Waals surface area contributed by atoms with Crippen molar-refractivity contribution in [2.75, 3.05) is 13.2 Å². The molecule has 7 aromatic rings. The van der Waals surface area contributed by atoms with Gasteiger partial charge in [-0.25, -0.2) is 0 Å². The van der Waals surface area contributed by atoms with Crippen molar-refractivity contribution in [2.24, 2.45) is 0 Å². The fourth-order valence-electron chi connectivity index (χ4n) is 8.57. The molecule has 9 heteroatoms. The first-order valence-corrected chi connectivity index (χ1v) is 22.9. The lowest BCUT2D eigenvalue weighted by molar-refractivity contribution is -0.289. The van der Waals surface area contributed by atoms with Crippen LogP contribution in [0.15, 0.2) is 176 Å². The molecule has 66 heavy (non-hydrogen) atoms. The van der Waals surface area contributed by atoms with Crippen molar-refractivity contribution < 1.29 is 33.6 Å². The van der Waals surface area contributed by atoms with Gasteiger partial charge in [-0.05, 0) is 70.8 Å². The molecule has 6 aromatic carbocycles. The molecule has 340 valence electrons. The third-order valence-electron chi connectivity index (χ3n) is 11.9. The predicted octanol–water partition coefficient (Wildman–Crippen LogP) is 10.3. The lowest BCUT2D eigenvalue weighted by Gasteiger charge is -2.46. The number of nitrogens with one attached hydrogen (secondary N) is 1. The van der Waals surface area contributed by atoms with Gasteiger partial charge in [-0.3, -0.25) is 4.79 Å². The molecule has 1 aliphatic rings. The van der Waals surface area contributed by atoms with Gasteiger partial charge in [-0.1, -0.05) is 170 Å². The molecule has 9 nitrogen and oxygen atoms in total. The number of aromatic nitrogens is 1. The molecule has 2 N–H and O–H groups in total. The summed E-state index contributed by atoms with van der Waals surface area (Å²) in [4.78, 5) is 12.2. The van der Waals surface area contributed by atoms with Crippen molar-refractivity contribution in [3.63, 3.8) is 0 Å². The quantitative estimate of drug-likeness (QED) is 0.0741. The van der Waals surface area contributed by atoms with Crippen molar-refractivity contribution in [1.29, 1.82) is 0 Å². The molecule has 1 amide bonds. The molecular weight excluding hydrogens is 825 g/mol. The Kier molecular flexibility index (Phi) is 16.4. The van der Waals surface area contributed by atoms with Gasteiger partial charge in [0.15, 0.2) is 6.23 Å². The maximum absolute atomic E-state index is 12.2. The van der Waals surface area contributed by atoms with Crippen LogP contribution in [-0.2, 0) is 61.3 Å². The summed E-state index contributed by atoms with van der Waals surface area (Å²) in [5.74, 6) is -0.124. The van der Waals surface area contributed by atoms with Crippen molar-refractivity contribution >= 4 is 22.9 Å². The summed E-state index contributed by atoms with van der Waals surface area (Å²) in [6.07, 6.45) is 4.05. The average molecular weight is 885 g/mol. The Morgan fingerprint density at radius 2 is 1.21 bits per heavy atom. The summed E-state index contributed by atoms with van der Waals surface area (Å²) < 4.78 is 37.3. The van der Waals surface area contributed by atoms with Gasteiger partial charge in [0.1, 0.15) is 24.4 Å². The van der Waals surface area contributed by atoms with Crippen LogP contribution < -0.4 is 5.32 Å². The van der Waals surface area contributed by atoms with Crippen LogP contribution in [0.25, 0.3) is 17.0 Å². The van der Waals surface area contributed by atoms with E-state index >= 15 is 0 Å². The van der Waals surface area contributed by atoms with E-state index in [1.165, 1.54) is 0 Å². The van der Waals surface area contributed by atoms with E-state index in [0.717, 1.165) is 55.4 Å². The number of nitrogens with zero attached hydrogens (tertiary/aromatic N) is 1. The molecule has 0 spiro atoms. The van der Waals surface area contributed by atoms with Crippen LogP contribution >= 0.6 is 0 Å². The Morgan fingerprint density at radius 1 is 0.667 bits per heavy atom. The zero-order valence-corrected chi connectivity index (χ0v) is 37.8. The molecule has 0 unspecified atom stereocenters.